The Morgan fingerprint density at radius 3 is 2.32 bits per heavy atom. The van der Waals surface area contributed by atoms with Crippen LogP contribution < -0.4 is 5.73 Å². The van der Waals surface area contributed by atoms with Gasteiger partial charge < -0.3 is 5.73 Å². The Bertz CT molecular complexity index is 825. The number of amides is 1. The molecule has 0 radical (unpaired) electrons. The summed E-state index contributed by atoms with van der Waals surface area (Å²) in [5, 5.41) is -0.781. The molecule has 0 saturated carbocycles. The Kier molecular flexibility index (Phi) is 3.53. The van der Waals surface area contributed by atoms with Crippen molar-refractivity contribution in [1.29, 1.82) is 0 Å². The lowest BCUT2D eigenvalue weighted by molar-refractivity contribution is 0.0999. The fraction of sp³-hybridized carbons (Fsp3) is 0.235. The van der Waals surface area contributed by atoms with Gasteiger partial charge in [0.1, 0.15) is 0 Å². The van der Waals surface area contributed by atoms with Crippen LogP contribution in [-0.4, -0.2) is 14.3 Å². The first-order chi connectivity index (χ1) is 10.5. The van der Waals surface area contributed by atoms with Crippen LogP contribution in [0.3, 0.4) is 0 Å². The quantitative estimate of drug-likeness (QED) is 0.946. The number of nitrogens with two attached hydrogens (primary N) is 1. The van der Waals surface area contributed by atoms with Crippen LogP contribution in [0.1, 0.15) is 46.0 Å². The number of hydrogen-bond acceptors (Lipinski definition) is 3. The Morgan fingerprint density at radius 1 is 1.09 bits per heavy atom. The topological polar surface area (TPSA) is 77.2 Å². The maximum absolute atomic E-state index is 13.0. The molecule has 4 rings (SSSR count). The first-order valence-electron chi connectivity index (χ1n) is 7.19. The van der Waals surface area contributed by atoms with Crippen molar-refractivity contribution in [2.45, 2.75) is 29.4 Å². The van der Waals surface area contributed by atoms with E-state index in [1.165, 1.54) is 0 Å². The van der Waals surface area contributed by atoms with E-state index in [4.69, 9.17) is 5.73 Å². The van der Waals surface area contributed by atoms with Gasteiger partial charge in [-0.25, -0.2) is 8.42 Å². The first kappa shape index (κ1) is 14.8. The SMILES string of the molecule is CCC1c2ccc(cc2)S(=O)(=O)C1c1ccccc1C(N)=O. The van der Waals surface area contributed by atoms with Crippen molar-refractivity contribution < 1.29 is 13.2 Å². The molecule has 5 heteroatoms. The molecule has 114 valence electrons. The third-order valence-corrected chi connectivity index (χ3v) is 6.49. The van der Waals surface area contributed by atoms with E-state index in [9.17, 15) is 13.2 Å². The Hall–Kier alpha value is -2.14. The van der Waals surface area contributed by atoms with Crippen LogP contribution in [0.2, 0.25) is 0 Å². The number of rotatable bonds is 3. The highest BCUT2D eigenvalue weighted by Crippen LogP contribution is 2.46. The summed E-state index contributed by atoms with van der Waals surface area (Å²) in [7, 11) is -3.57. The number of primary amides is 1. The summed E-state index contributed by atoms with van der Waals surface area (Å²) in [6.45, 7) is 1.96. The molecule has 2 aliphatic rings. The van der Waals surface area contributed by atoms with E-state index in [1.54, 1.807) is 36.4 Å². The van der Waals surface area contributed by atoms with Gasteiger partial charge in [-0.15, -0.1) is 0 Å². The van der Waals surface area contributed by atoms with E-state index in [1.807, 2.05) is 19.1 Å². The van der Waals surface area contributed by atoms with Gasteiger partial charge >= 0.3 is 0 Å². The fourth-order valence-electron chi connectivity index (χ4n) is 3.25. The number of hydrogen-bond donors (Lipinski definition) is 1. The minimum Gasteiger partial charge on any atom is -0.366 e. The molecule has 0 aliphatic carbocycles. The van der Waals surface area contributed by atoms with Gasteiger partial charge in [0.2, 0.25) is 5.91 Å². The minimum absolute atomic E-state index is 0.196. The van der Waals surface area contributed by atoms with Gasteiger partial charge in [0.15, 0.2) is 9.84 Å². The highest BCUT2D eigenvalue weighted by atomic mass is 32.2. The van der Waals surface area contributed by atoms with Crippen molar-refractivity contribution in [2.75, 3.05) is 0 Å². The van der Waals surface area contributed by atoms with Gasteiger partial charge in [0.25, 0.3) is 0 Å². The Morgan fingerprint density at radius 2 is 1.73 bits per heavy atom. The van der Waals surface area contributed by atoms with Crippen molar-refractivity contribution in [3.05, 3.63) is 65.2 Å². The largest absolute Gasteiger partial charge is 0.366 e. The van der Waals surface area contributed by atoms with E-state index in [0.29, 0.717) is 12.0 Å². The number of fused-ring (bicyclic) bond motifs is 4. The average molecular weight is 315 g/mol. The van der Waals surface area contributed by atoms with E-state index < -0.39 is 21.0 Å². The molecule has 2 unspecified atom stereocenters. The van der Waals surface area contributed by atoms with Crippen LogP contribution in [0, 0.1) is 0 Å². The van der Waals surface area contributed by atoms with Crippen LogP contribution >= 0.6 is 0 Å². The third kappa shape index (κ3) is 2.13. The second kappa shape index (κ2) is 5.25. The summed E-state index contributed by atoms with van der Waals surface area (Å²) in [4.78, 5) is 12.0. The summed E-state index contributed by atoms with van der Waals surface area (Å²) in [5.74, 6) is -0.800. The van der Waals surface area contributed by atoms with Crippen LogP contribution in [0.5, 0.6) is 0 Å². The lowest BCUT2D eigenvalue weighted by Crippen LogP contribution is -2.23. The molecule has 2 N–H and O–H groups in total. The van der Waals surface area contributed by atoms with Crippen molar-refractivity contribution in [2.24, 2.45) is 5.73 Å². The molecule has 2 heterocycles. The minimum atomic E-state index is -3.57. The van der Waals surface area contributed by atoms with Crippen molar-refractivity contribution in [1.82, 2.24) is 0 Å². The predicted octanol–water partition coefficient (Wildman–Crippen LogP) is 2.81. The Labute approximate surface area is 129 Å². The molecule has 0 saturated heterocycles. The maximum Gasteiger partial charge on any atom is 0.249 e. The van der Waals surface area contributed by atoms with E-state index >= 15 is 0 Å². The van der Waals surface area contributed by atoms with Crippen LogP contribution in [0.4, 0.5) is 0 Å². The Balaban J connectivity index is 2.29. The molecule has 2 aromatic rings. The monoisotopic (exact) mass is 315 g/mol. The molecule has 22 heavy (non-hydrogen) atoms. The van der Waals surface area contributed by atoms with Crippen LogP contribution in [0.25, 0.3) is 0 Å². The molecule has 2 aliphatic heterocycles. The molecule has 0 fully saturated rings. The molecule has 1 amide bonds. The van der Waals surface area contributed by atoms with Crippen molar-refractivity contribution >= 4 is 15.7 Å². The van der Waals surface area contributed by atoms with Gasteiger partial charge in [-0.2, -0.15) is 0 Å². The zero-order valence-corrected chi connectivity index (χ0v) is 13.0. The molecular formula is C17H17NO3S. The summed E-state index contributed by atoms with van der Waals surface area (Å²) in [6.07, 6.45) is 0.661. The highest BCUT2D eigenvalue weighted by molar-refractivity contribution is 7.91. The normalized spacial score (nSPS) is 22.2. The van der Waals surface area contributed by atoms with Crippen LogP contribution in [-0.2, 0) is 9.84 Å². The molecule has 0 aromatic heterocycles. The number of carbonyl (C=O) groups excluding carboxylic acids is 1. The smallest absolute Gasteiger partial charge is 0.249 e. The average Bonchev–Trinajstić information content (AvgIpc) is 2.68. The summed E-state index contributed by atoms with van der Waals surface area (Å²) in [6, 6.07) is 13.7. The fourth-order valence-corrected chi connectivity index (χ4v) is 5.38. The number of sulfone groups is 1. The van der Waals surface area contributed by atoms with Crippen molar-refractivity contribution in [3.63, 3.8) is 0 Å². The molecular weight excluding hydrogens is 298 g/mol. The van der Waals surface area contributed by atoms with Crippen LogP contribution in [0.15, 0.2) is 53.4 Å². The lowest BCUT2D eigenvalue weighted by Gasteiger charge is -2.25. The first-order valence-corrected chi connectivity index (χ1v) is 8.74. The van der Waals surface area contributed by atoms with Gasteiger partial charge in [-0.05, 0) is 35.7 Å². The zero-order valence-electron chi connectivity index (χ0n) is 12.2. The molecule has 2 bridgehead atoms. The van der Waals surface area contributed by atoms with E-state index in [2.05, 4.69) is 0 Å². The second-order valence-electron chi connectivity index (χ2n) is 5.50. The summed E-state index contributed by atoms with van der Waals surface area (Å²) in [5.41, 5.74) is 7.18. The standard InChI is InChI=1S/C17H17NO3S/c1-2-13-11-7-9-12(10-8-11)22(20,21)16(13)14-5-3-4-6-15(14)17(18)19/h3-10,13,16H,2H2,1H3,(H2,18,19). The predicted molar refractivity (Wildman–Crippen MR) is 84.4 cm³/mol. The van der Waals surface area contributed by atoms with Gasteiger partial charge in [-0.1, -0.05) is 37.3 Å². The molecule has 0 spiro atoms. The van der Waals surface area contributed by atoms with E-state index in [0.717, 1.165) is 5.56 Å². The summed E-state index contributed by atoms with van der Waals surface area (Å²) < 4.78 is 26.1. The lowest BCUT2D eigenvalue weighted by atomic mass is 9.87. The molecule has 4 nitrogen and oxygen atoms in total. The maximum atomic E-state index is 13.0. The van der Waals surface area contributed by atoms with Gasteiger partial charge in [-0.3, -0.25) is 4.79 Å². The molecule has 2 aromatic carbocycles. The number of benzene rings is 2. The summed E-state index contributed by atoms with van der Waals surface area (Å²) >= 11 is 0. The zero-order chi connectivity index (χ0) is 15.9. The third-order valence-electron chi connectivity index (χ3n) is 4.31. The van der Waals surface area contributed by atoms with Crippen molar-refractivity contribution in [3.8, 4) is 0 Å². The molecule has 2 atom stereocenters. The van der Waals surface area contributed by atoms with E-state index in [-0.39, 0.29) is 16.4 Å². The highest BCUT2D eigenvalue weighted by Gasteiger charge is 2.40. The number of carbonyl (C=O) groups is 1. The van der Waals surface area contributed by atoms with Gasteiger partial charge in [0, 0.05) is 11.5 Å². The van der Waals surface area contributed by atoms with Gasteiger partial charge in [0.05, 0.1) is 10.1 Å². The second-order valence-corrected chi connectivity index (χ2v) is 7.57.